The third kappa shape index (κ3) is 2.98. The van der Waals surface area contributed by atoms with Gasteiger partial charge in [0.1, 0.15) is 17.0 Å². The third-order valence-electron chi connectivity index (χ3n) is 5.73. The molecule has 0 bridgehead atoms. The van der Waals surface area contributed by atoms with Gasteiger partial charge in [0.25, 0.3) is 0 Å². The third-order valence-corrected chi connectivity index (χ3v) is 6.81. The second kappa shape index (κ2) is 6.36. The smallest absolute Gasteiger partial charge is 0.150 e. The highest BCUT2D eigenvalue weighted by atomic mass is 32.1. The average molecular weight is 384 g/mol. The lowest BCUT2D eigenvalue weighted by Crippen LogP contribution is -2.46. The van der Waals surface area contributed by atoms with E-state index in [-0.39, 0.29) is 5.60 Å². The van der Waals surface area contributed by atoms with E-state index >= 15 is 0 Å². The largest absolute Gasteiger partial charge is 0.370 e. The Morgan fingerprint density at radius 1 is 1.19 bits per heavy atom. The molecule has 0 amide bonds. The highest BCUT2D eigenvalue weighted by Gasteiger charge is 2.28. The molecule has 0 radical (unpaired) electrons. The first-order valence-corrected chi connectivity index (χ1v) is 10.5. The summed E-state index contributed by atoms with van der Waals surface area (Å²) in [5, 5.41) is 1.13. The van der Waals surface area contributed by atoms with Gasteiger partial charge < -0.3 is 14.5 Å². The standard InChI is InChI=1S/C20H25N5OS/c1-4-24-5-7-25(8-6-24)18-17-16(21-12-22-18)14-9-13-11-26-20(2,3)10-15(13)23-19(14)27-17/h9,12H,4-8,10-11H2,1-3H3. The van der Waals surface area contributed by atoms with Crippen molar-refractivity contribution in [1.82, 2.24) is 19.9 Å². The number of thiophene rings is 1. The summed E-state index contributed by atoms with van der Waals surface area (Å²) in [7, 11) is 0. The van der Waals surface area contributed by atoms with E-state index in [2.05, 4.69) is 46.6 Å². The minimum absolute atomic E-state index is 0.145. The Labute approximate surface area is 163 Å². The van der Waals surface area contributed by atoms with Crippen LogP contribution < -0.4 is 4.90 Å². The number of piperazine rings is 1. The SMILES string of the molecule is CCN1CCN(c2ncnc3c2sc2nc4c(cc23)COC(C)(C)C4)CC1. The summed E-state index contributed by atoms with van der Waals surface area (Å²) >= 11 is 1.73. The summed E-state index contributed by atoms with van der Waals surface area (Å²) in [6.07, 6.45) is 2.55. The molecule has 0 spiro atoms. The van der Waals surface area contributed by atoms with Crippen LogP contribution in [0.2, 0.25) is 0 Å². The van der Waals surface area contributed by atoms with E-state index in [0.29, 0.717) is 6.61 Å². The molecule has 27 heavy (non-hydrogen) atoms. The molecule has 5 heterocycles. The molecular formula is C20H25N5OS. The molecule has 142 valence electrons. The van der Waals surface area contributed by atoms with Gasteiger partial charge in [0, 0.05) is 43.5 Å². The Morgan fingerprint density at radius 3 is 2.78 bits per heavy atom. The topological polar surface area (TPSA) is 54.4 Å². The van der Waals surface area contributed by atoms with Crippen molar-refractivity contribution in [2.75, 3.05) is 37.6 Å². The van der Waals surface area contributed by atoms with E-state index in [0.717, 1.165) is 71.1 Å². The summed E-state index contributed by atoms with van der Waals surface area (Å²) in [6, 6.07) is 2.23. The number of nitrogens with zero attached hydrogens (tertiary/aromatic N) is 5. The van der Waals surface area contributed by atoms with Crippen molar-refractivity contribution in [3.63, 3.8) is 0 Å². The van der Waals surface area contributed by atoms with Crippen LogP contribution in [-0.4, -0.2) is 58.2 Å². The van der Waals surface area contributed by atoms with Gasteiger partial charge in [-0.1, -0.05) is 6.92 Å². The Kier molecular flexibility index (Phi) is 4.07. The summed E-state index contributed by atoms with van der Waals surface area (Å²) in [6.45, 7) is 12.4. The second-order valence-electron chi connectivity index (χ2n) is 8.07. The Bertz CT molecular complexity index is 1010. The van der Waals surface area contributed by atoms with Gasteiger partial charge in [0.2, 0.25) is 0 Å². The van der Waals surface area contributed by atoms with Gasteiger partial charge in [0.05, 0.1) is 28.1 Å². The molecule has 0 aliphatic carbocycles. The van der Waals surface area contributed by atoms with E-state index in [1.807, 2.05) is 0 Å². The first-order valence-electron chi connectivity index (χ1n) is 9.71. The van der Waals surface area contributed by atoms with Gasteiger partial charge in [-0.2, -0.15) is 0 Å². The lowest BCUT2D eigenvalue weighted by Gasteiger charge is -2.34. The Morgan fingerprint density at radius 2 is 2.00 bits per heavy atom. The van der Waals surface area contributed by atoms with Crippen molar-refractivity contribution in [3.05, 3.63) is 23.7 Å². The molecule has 6 nitrogen and oxygen atoms in total. The van der Waals surface area contributed by atoms with Crippen LogP contribution in [0.5, 0.6) is 0 Å². The lowest BCUT2D eigenvalue weighted by molar-refractivity contribution is -0.0411. The number of ether oxygens (including phenoxy) is 1. The molecule has 0 N–H and O–H groups in total. The molecule has 2 aliphatic heterocycles. The number of fused-ring (bicyclic) bond motifs is 4. The van der Waals surface area contributed by atoms with Gasteiger partial charge in [0.15, 0.2) is 0 Å². The van der Waals surface area contributed by atoms with Crippen molar-refractivity contribution in [3.8, 4) is 0 Å². The minimum atomic E-state index is -0.145. The predicted molar refractivity (Wildman–Crippen MR) is 110 cm³/mol. The van der Waals surface area contributed by atoms with Gasteiger partial charge in [-0.05, 0) is 26.5 Å². The summed E-state index contributed by atoms with van der Waals surface area (Å²) in [4.78, 5) is 20.2. The first kappa shape index (κ1) is 17.3. The fourth-order valence-electron chi connectivity index (χ4n) is 4.07. The molecule has 0 atom stereocenters. The number of hydrogen-bond acceptors (Lipinski definition) is 7. The minimum Gasteiger partial charge on any atom is -0.370 e. The van der Waals surface area contributed by atoms with Crippen LogP contribution in [-0.2, 0) is 17.8 Å². The zero-order valence-electron chi connectivity index (χ0n) is 16.2. The number of aromatic nitrogens is 3. The van der Waals surface area contributed by atoms with E-state index < -0.39 is 0 Å². The second-order valence-corrected chi connectivity index (χ2v) is 9.07. The molecule has 0 unspecified atom stereocenters. The molecule has 1 fully saturated rings. The van der Waals surface area contributed by atoms with Crippen LogP contribution in [0.4, 0.5) is 5.82 Å². The molecule has 0 aromatic carbocycles. The summed E-state index contributed by atoms with van der Waals surface area (Å²) in [5.41, 5.74) is 3.24. The first-order chi connectivity index (χ1) is 13.0. The lowest BCUT2D eigenvalue weighted by atomic mass is 9.95. The van der Waals surface area contributed by atoms with Gasteiger partial charge in [-0.25, -0.2) is 15.0 Å². The van der Waals surface area contributed by atoms with Gasteiger partial charge in [-0.15, -0.1) is 11.3 Å². The molecular weight excluding hydrogens is 358 g/mol. The highest BCUT2D eigenvalue weighted by molar-refractivity contribution is 7.25. The Balaban J connectivity index is 1.59. The number of hydrogen-bond donors (Lipinski definition) is 0. The molecule has 0 saturated carbocycles. The zero-order valence-corrected chi connectivity index (χ0v) is 17.0. The maximum Gasteiger partial charge on any atom is 0.150 e. The maximum atomic E-state index is 5.99. The molecule has 5 rings (SSSR count). The molecule has 3 aromatic heterocycles. The van der Waals surface area contributed by atoms with E-state index in [4.69, 9.17) is 9.72 Å². The Hall–Kier alpha value is -1.83. The van der Waals surface area contributed by atoms with Crippen LogP contribution in [0.3, 0.4) is 0 Å². The fraction of sp³-hybridized carbons (Fsp3) is 0.550. The molecule has 1 saturated heterocycles. The van der Waals surface area contributed by atoms with Gasteiger partial charge in [-0.3, -0.25) is 0 Å². The number of likely N-dealkylation sites (N-methyl/N-ethyl adjacent to an activating group) is 1. The average Bonchev–Trinajstić information content (AvgIpc) is 3.03. The monoisotopic (exact) mass is 383 g/mol. The summed E-state index contributed by atoms with van der Waals surface area (Å²) < 4.78 is 7.15. The number of rotatable bonds is 2. The molecule has 2 aliphatic rings. The van der Waals surface area contributed by atoms with Crippen molar-refractivity contribution in [1.29, 1.82) is 0 Å². The molecule has 3 aromatic rings. The summed E-state index contributed by atoms with van der Waals surface area (Å²) in [5.74, 6) is 1.06. The normalized spacial score (nSPS) is 20.3. The van der Waals surface area contributed by atoms with Crippen molar-refractivity contribution < 1.29 is 4.74 Å². The maximum absolute atomic E-state index is 5.99. The van der Waals surface area contributed by atoms with Gasteiger partial charge >= 0.3 is 0 Å². The molecule has 7 heteroatoms. The van der Waals surface area contributed by atoms with Crippen molar-refractivity contribution in [2.24, 2.45) is 0 Å². The predicted octanol–water partition coefficient (Wildman–Crippen LogP) is 3.23. The zero-order chi connectivity index (χ0) is 18.6. The van der Waals surface area contributed by atoms with E-state index in [1.54, 1.807) is 17.7 Å². The van der Waals surface area contributed by atoms with Crippen LogP contribution in [0.25, 0.3) is 20.4 Å². The quantitative estimate of drug-likeness (QED) is 0.677. The van der Waals surface area contributed by atoms with Crippen LogP contribution >= 0.6 is 11.3 Å². The van der Waals surface area contributed by atoms with Crippen molar-refractivity contribution in [2.45, 2.75) is 39.4 Å². The van der Waals surface area contributed by atoms with Crippen molar-refractivity contribution >= 4 is 37.6 Å². The van der Waals surface area contributed by atoms with Crippen LogP contribution in [0.15, 0.2) is 12.4 Å². The fourth-order valence-corrected chi connectivity index (χ4v) is 5.22. The number of anilines is 1. The number of pyridine rings is 1. The highest BCUT2D eigenvalue weighted by Crippen LogP contribution is 2.39. The van der Waals surface area contributed by atoms with E-state index in [1.165, 1.54) is 5.56 Å². The van der Waals surface area contributed by atoms with Crippen LogP contribution in [0.1, 0.15) is 32.0 Å². The van der Waals surface area contributed by atoms with Crippen LogP contribution in [0, 0.1) is 0 Å². The van der Waals surface area contributed by atoms with E-state index in [9.17, 15) is 0 Å².